The first-order valence-electron chi connectivity index (χ1n) is 7.86. The summed E-state index contributed by atoms with van der Waals surface area (Å²) in [6.45, 7) is 10.5. The van der Waals surface area contributed by atoms with E-state index in [9.17, 15) is 9.59 Å². The van der Waals surface area contributed by atoms with Gasteiger partial charge in [-0.1, -0.05) is 13.8 Å². The van der Waals surface area contributed by atoms with E-state index in [1.54, 1.807) is 0 Å². The fourth-order valence-electron chi connectivity index (χ4n) is 3.93. The van der Waals surface area contributed by atoms with Crippen molar-refractivity contribution < 1.29 is 19.1 Å². The van der Waals surface area contributed by atoms with Gasteiger partial charge >= 0.3 is 5.97 Å². The topological polar surface area (TPSA) is 52.6 Å². The molecule has 0 aliphatic heterocycles. The maximum absolute atomic E-state index is 13.0. The summed E-state index contributed by atoms with van der Waals surface area (Å²) in [5, 5.41) is 0. The van der Waals surface area contributed by atoms with Crippen LogP contribution in [0.2, 0.25) is 0 Å². The number of rotatable bonds is 4. The predicted molar refractivity (Wildman–Crippen MR) is 79.5 cm³/mol. The molecule has 2 aliphatic rings. The van der Waals surface area contributed by atoms with Crippen LogP contribution >= 0.6 is 0 Å². The lowest BCUT2D eigenvalue weighted by Crippen LogP contribution is -2.57. The molecule has 0 saturated heterocycles. The Hall–Kier alpha value is -1.32. The molecule has 1 saturated carbocycles. The van der Waals surface area contributed by atoms with Crippen LogP contribution in [-0.2, 0) is 19.1 Å². The van der Waals surface area contributed by atoms with Crippen LogP contribution in [0.3, 0.4) is 0 Å². The van der Waals surface area contributed by atoms with Crippen LogP contribution in [0.5, 0.6) is 0 Å². The van der Waals surface area contributed by atoms with Gasteiger partial charge in [-0.3, -0.25) is 9.59 Å². The van der Waals surface area contributed by atoms with Gasteiger partial charge < -0.3 is 9.47 Å². The highest BCUT2D eigenvalue weighted by atomic mass is 16.5. The zero-order valence-corrected chi connectivity index (χ0v) is 13.7. The second-order valence-corrected chi connectivity index (χ2v) is 6.65. The van der Waals surface area contributed by atoms with Gasteiger partial charge in [-0.05, 0) is 45.6 Å². The second-order valence-electron chi connectivity index (χ2n) is 6.65. The van der Waals surface area contributed by atoms with Crippen molar-refractivity contribution in [2.45, 2.75) is 47.5 Å². The van der Waals surface area contributed by atoms with Gasteiger partial charge in [0.05, 0.1) is 24.5 Å². The van der Waals surface area contributed by atoms with Crippen molar-refractivity contribution in [2.24, 2.45) is 22.7 Å². The molecular formula is C17H26O4. The lowest BCUT2D eigenvalue weighted by molar-refractivity contribution is -0.165. The molecule has 4 heteroatoms. The summed E-state index contributed by atoms with van der Waals surface area (Å²) in [5.41, 5.74) is -1.21. The van der Waals surface area contributed by atoms with Gasteiger partial charge in [0.2, 0.25) is 0 Å². The van der Waals surface area contributed by atoms with Crippen molar-refractivity contribution in [3.8, 4) is 0 Å². The van der Waals surface area contributed by atoms with E-state index in [-0.39, 0.29) is 23.6 Å². The Labute approximate surface area is 126 Å². The molecule has 0 aromatic rings. The van der Waals surface area contributed by atoms with Gasteiger partial charge in [0, 0.05) is 5.41 Å². The quantitative estimate of drug-likeness (QED) is 0.748. The van der Waals surface area contributed by atoms with Crippen LogP contribution in [0.4, 0.5) is 0 Å². The SMILES string of the molecule is CCOC(=O)[C@H]1C[C@@]2(C)CC=C(OCC)[C@](C)(C2=O)[C@@H]1C. The summed E-state index contributed by atoms with van der Waals surface area (Å²) in [6, 6.07) is 0. The molecule has 118 valence electrons. The van der Waals surface area contributed by atoms with Crippen LogP contribution < -0.4 is 0 Å². The average Bonchev–Trinajstić information content (AvgIpc) is 2.44. The predicted octanol–water partition coefficient (Wildman–Crippen LogP) is 3.11. The van der Waals surface area contributed by atoms with Gasteiger partial charge in [-0.25, -0.2) is 0 Å². The molecule has 0 radical (unpaired) electrons. The zero-order chi connectivity index (χ0) is 15.8. The van der Waals surface area contributed by atoms with Crippen molar-refractivity contribution in [2.75, 3.05) is 13.2 Å². The maximum Gasteiger partial charge on any atom is 0.309 e. The van der Waals surface area contributed by atoms with Gasteiger partial charge in [-0.15, -0.1) is 0 Å². The summed E-state index contributed by atoms with van der Waals surface area (Å²) in [4.78, 5) is 25.3. The molecule has 2 bridgehead atoms. The molecule has 0 N–H and O–H groups in total. The summed E-state index contributed by atoms with van der Waals surface area (Å²) in [7, 11) is 0. The number of hydrogen-bond acceptors (Lipinski definition) is 4. The lowest BCUT2D eigenvalue weighted by Gasteiger charge is -2.52. The zero-order valence-electron chi connectivity index (χ0n) is 13.7. The molecule has 1 fully saturated rings. The van der Waals surface area contributed by atoms with E-state index in [4.69, 9.17) is 9.47 Å². The molecule has 0 aromatic carbocycles. The van der Waals surface area contributed by atoms with E-state index in [2.05, 4.69) is 0 Å². The highest BCUT2D eigenvalue weighted by Gasteiger charge is 2.61. The highest BCUT2D eigenvalue weighted by molar-refractivity contribution is 5.96. The Morgan fingerprint density at radius 1 is 1.33 bits per heavy atom. The first kappa shape index (κ1) is 16.1. The van der Waals surface area contributed by atoms with Crippen LogP contribution in [0, 0.1) is 22.7 Å². The van der Waals surface area contributed by atoms with Crippen LogP contribution in [0.15, 0.2) is 11.8 Å². The number of carbonyl (C=O) groups excluding carboxylic acids is 2. The maximum atomic E-state index is 13.0. The smallest absolute Gasteiger partial charge is 0.309 e. The van der Waals surface area contributed by atoms with Crippen molar-refractivity contribution in [1.82, 2.24) is 0 Å². The molecule has 4 nitrogen and oxygen atoms in total. The second kappa shape index (κ2) is 5.47. The van der Waals surface area contributed by atoms with Crippen molar-refractivity contribution in [1.29, 1.82) is 0 Å². The van der Waals surface area contributed by atoms with Crippen molar-refractivity contribution in [3.63, 3.8) is 0 Å². The van der Waals surface area contributed by atoms with Gasteiger partial charge in [0.15, 0.2) is 5.78 Å². The Morgan fingerprint density at radius 3 is 2.57 bits per heavy atom. The Kier molecular flexibility index (Phi) is 4.18. The standard InChI is InChI=1S/C17H26O4/c1-6-20-13-8-9-16(4)10-12(14(18)21-7-2)11(3)17(13,5)15(16)19/h8,11-12H,6-7,9-10H2,1-5H3/t11-,12+,16-,17-/m1/s1. The number of allylic oxidation sites excluding steroid dienone is 2. The van der Waals surface area contributed by atoms with Crippen LogP contribution in [0.25, 0.3) is 0 Å². The molecule has 2 rings (SSSR count). The molecule has 0 unspecified atom stereocenters. The number of hydrogen-bond donors (Lipinski definition) is 0. The number of Topliss-reactive ketones (excluding diaryl/α,β-unsaturated/α-hetero) is 1. The summed E-state index contributed by atoms with van der Waals surface area (Å²) in [6.07, 6.45) is 3.25. The fourth-order valence-corrected chi connectivity index (χ4v) is 3.93. The molecule has 21 heavy (non-hydrogen) atoms. The van der Waals surface area contributed by atoms with E-state index >= 15 is 0 Å². The number of ether oxygens (including phenoxy) is 2. The van der Waals surface area contributed by atoms with E-state index in [1.807, 2.05) is 40.7 Å². The highest BCUT2D eigenvalue weighted by Crippen LogP contribution is 2.57. The van der Waals surface area contributed by atoms with E-state index in [0.29, 0.717) is 26.1 Å². The monoisotopic (exact) mass is 294 g/mol. The minimum absolute atomic E-state index is 0.116. The third kappa shape index (κ3) is 2.29. The molecule has 0 aromatic heterocycles. The molecule has 2 aliphatic carbocycles. The van der Waals surface area contributed by atoms with Gasteiger partial charge in [0.1, 0.15) is 5.76 Å². The minimum atomic E-state index is -0.724. The Balaban J connectivity index is 2.44. The summed E-state index contributed by atoms with van der Waals surface area (Å²) in [5.74, 6) is 0.382. The minimum Gasteiger partial charge on any atom is -0.497 e. The van der Waals surface area contributed by atoms with Crippen molar-refractivity contribution >= 4 is 11.8 Å². The number of fused-ring (bicyclic) bond motifs is 2. The van der Waals surface area contributed by atoms with E-state index in [0.717, 1.165) is 5.76 Å². The van der Waals surface area contributed by atoms with Crippen LogP contribution in [-0.4, -0.2) is 25.0 Å². The van der Waals surface area contributed by atoms with Crippen LogP contribution in [0.1, 0.15) is 47.5 Å². The molecule has 0 amide bonds. The Morgan fingerprint density at radius 2 is 2.00 bits per heavy atom. The lowest BCUT2D eigenvalue weighted by atomic mass is 9.50. The summed E-state index contributed by atoms with van der Waals surface area (Å²) < 4.78 is 11.0. The van der Waals surface area contributed by atoms with E-state index < -0.39 is 10.8 Å². The number of esters is 1. The number of ketones is 1. The normalized spacial score (nSPS) is 38.7. The Bertz CT molecular complexity index is 481. The van der Waals surface area contributed by atoms with E-state index in [1.165, 1.54) is 0 Å². The van der Waals surface area contributed by atoms with Crippen molar-refractivity contribution in [3.05, 3.63) is 11.8 Å². The third-order valence-electron chi connectivity index (χ3n) is 5.34. The third-order valence-corrected chi connectivity index (χ3v) is 5.34. The average molecular weight is 294 g/mol. The van der Waals surface area contributed by atoms with Gasteiger partial charge in [-0.2, -0.15) is 0 Å². The fraction of sp³-hybridized carbons (Fsp3) is 0.765. The molecule has 0 heterocycles. The molecule has 4 atom stereocenters. The number of carbonyl (C=O) groups is 2. The first-order valence-corrected chi connectivity index (χ1v) is 7.86. The molecular weight excluding hydrogens is 268 g/mol. The summed E-state index contributed by atoms with van der Waals surface area (Å²) >= 11 is 0. The first-order chi connectivity index (χ1) is 9.81. The molecule has 0 spiro atoms. The van der Waals surface area contributed by atoms with Gasteiger partial charge in [0.25, 0.3) is 0 Å². The largest absolute Gasteiger partial charge is 0.497 e.